The molecular formula is C24H23ClN2O2. The fraction of sp³-hybridized carbons (Fsp3) is 0.208. The molecule has 5 heteroatoms. The fourth-order valence-electron chi connectivity index (χ4n) is 2.59. The summed E-state index contributed by atoms with van der Waals surface area (Å²) < 4.78 is 5.67. The number of aliphatic hydroxyl groups excluding tert-OH is 1. The number of hydrogen-bond donors (Lipinski definition) is 2. The van der Waals surface area contributed by atoms with E-state index in [9.17, 15) is 0 Å². The molecule has 0 bridgehead atoms. The summed E-state index contributed by atoms with van der Waals surface area (Å²) in [6, 6.07) is 19.3. The van der Waals surface area contributed by atoms with Crippen LogP contribution in [0.1, 0.15) is 18.2 Å². The Labute approximate surface area is 176 Å². The van der Waals surface area contributed by atoms with Crippen LogP contribution in [0.2, 0.25) is 5.02 Å². The number of pyridine rings is 1. The predicted octanol–water partition coefficient (Wildman–Crippen LogP) is 4.15. The number of ether oxygens (including phenoxy) is 1. The second-order valence-corrected chi connectivity index (χ2v) is 7.04. The molecule has 1 unspecified atom stereocenters. The highest BCUT2D eigenvalue weighted by atomic mass is 35.5. The number of rotatable bonds is 7. The number of aromatic nitrogens is 1. The maximum atomic E-state index is 8.96. The summed E-state index contributed by atoms with van der Waals surface area (Å²) in [6.07, 6.45) is 1.82. The van der Waals surface area contributed by atoms with E-state index in [2.05, 4.69) is 22.1 Å². The van der Waals surface area contributed by atoms with Crippen molar-refractivity contribution in [3.8, 4) is 28.7 Å². The first kappa shape index (κ1) is 20.9. The maximum Gasteiger partial charge on any atom is 0.119 e. The van der Waals surface area contributed by atoms with E-state index in [-0.39, 0.29) is 12.6 Å². The Bertz CT molecular complexity index is 959. The van der Waals surface area contributed by atoms with Gasteiger partial charge in [-0.15, -0.1) is 0 Å². The highest BCUT2D eigenvalue weighted by Crippen LogP contribution is 2.20. The van der Waals surface area contributed by atoms with Gasteiger partial charge in [0.05, 0.1) is 6.61 Å². The van der Waals surface area contributed by atoms with Crippen LogP contribution in [-0.4, -0.2) is 35.9 Å². The van der Waals surface area contributed by atoms with Crippen molar-refractivity contribution in [3.63, 3.8) is 0 Å². The molecule has 3 aromatic rings. The molecule has 0 aliphatic heterocycles. The second kappa shape index (κ2) is 10.6. The number of nitrogens with one attached hydrogen (secondary N) is 1. The Morgan fingerprint density at radius 3 is 2.38 bits per heavy atom. The highest BCUT2D eigenvalue weighted by Gasteiger charge is 2.00. The van der Waals surface area contributed by atoms with Crippen LogP contribution < -0.4 is 10.1 Å². The minimum atomic E-state index is 0.0742. The lowest BCUT2D eigenvalue weighted by Crippen LogP contribution is -2.32. The first-order valence-corrected chi connectivity index (χ1v) is 9.83. The van der Waals surface area contributed by atoms with Gasteiger partial charge in [0.1, 0.15) is 18.1 Å². The number of aliphatic hydroxyl groups is 1. The smallest absolute Gasteiger partial charge is 0.119 e. The van der Waals surface area contributed by atoms with Gasteiger partial charge in [-0.25, -0.2) is 4.98 Å². The van der Waals surface area contributed by atoms with Crippen molar-refractivity contribution in [2.24, 2.45) is 0 Å². The quantitative estimate of drug-likeness (QED) is 0.457. The average Bonchev–Trinajstić information content (AvgIpc) is 2.77. The SMILES string of the molecule is CC(CO)NCCOc1ccc(C#Cc2ccc(-c3ccc(Cl)cc3)cn2)cc1. The number of benzene rings is 2. The molecule has 1 atom stereocenters. The van der Waals surface area contributed by atoms with Gasteiger partial charge >= 0.3 is 0 Å². The monoisotopic (exact) mass is 406 g/mol. The summed E-state index contributed by atoms with van der Waals surface area (Å²) in [5, 5.41) is 12.8. The van der Waals surface area contributed by atoms with Crippen LogP contribution >= 0.6 is 11.6 Å². The molecule has 1 heterocycles. The molecule has 4 nitrogen and oxygen atoms in total. The molecule has 1 aromatic heterocycles. The summed E-state index contributed by atoms with van der Waals surface area (Å²) in [6.45, 7) is 3.26. The predicted molar refractivity (Wildman–Crippen MR) is 117 cm³/mol. The Morgan fingerprint density at radius 1 is 1.00 bits per heavy atom. The molecule has 29 heavy (non-hydrogen) atoms. The third-order valence-electron chi connectivity index (χ3n) is 4.27. The van der Waals surface area contributed by atoms with Gasteiger partial charge in [-0.05, 0) is 60.9 Å². The van der Waals surface area contributed by atoms with Crippen LogP contribution in [0.4, 0.5) is 0 Å². The standard InChI is InChI=1S/C24H23ClN2O2/c1-18(17-28)26-14-15-29-24-12-3-19(4-13-24)2-10-23-11-7-21(16-27-23)20-5-8-22(25)9-6-20/h3-9,11-13,16,18,26,28H,14-15,17H2,1H3. The van der Waals surface area contributed by atoms with Gasteiger partial charge in [0.15, 0.2) is 0 Å². The Hall–Kier alpha value is -2.84. The third kappa shape index (κ3) is 6.62. The fourth-order valence-corrected chi connectivity index (χ4v) is 2.72. The van der Waals surface area contributed by atoms with E-state index in [1.165, 1.54) is 0 Å². The summed E-state index contributed by atoms with van der Waals surface area (Å²) >= 11 is 5.93. The van der Waals surface area contributed by atoms with Gasteiger partial charge in [-0.3, -0.25) is 0 Å². The molecule has 0 saturated heterocycles. The van der Waals surface area contributed by atoms with E-state index in [0.29, 0.717) is 23.9 Å². The zero-order chi connectivity index (χ0) is 20.5. The topological polar surface area (TPSA) is 54.4 Å². The number of hydrogen-bond acceptors (Lipinski definition) is 4. The summed E-state index contributed by atoms with van der Waals surface area (Å²) in [4.78, 5) is 4.43. The molecular weight excluding hydrogens is 384 g/mol. The average molecular weight is 407 g/mol. The molecule has 0 radical (unpaired) electrons. The van der Waals surface area contributed by atoms with Crippen molar-refractivity contribution < 1.29 is 9.84 Å². The molecule has 148 valence electrons. The lowest BCUT2D eigenvalue weighted by atomic mass is 10.1. The van der Waals surface area contributed by atoms with Crippen LogP contribution in [0.15, 0.2) is 66.9 Å². The second-order valence-electron chi connectivity index (χ2n) is 6.60. The molecule has 0 fully saturated rings. The zero-order valence-electron chi connectivity index (χ0n) is 16.2. The lowest BCUT2D eigenvalue weighted by Gasteiger charge is -2.11. The largest absolute Gasteiger partial charge is 0.492 e. The van der Waals surface area contributed by atoms with Crippen LogP contribution in [0.25, 0.3) is 11.1 Å². The molecule has 2 N–H and O–H groups in total. The van der Waals surface area contributed by atoms with E-state index in [0.717, 1.165) is 22.4 Å². The van der Waals surface area contributed by atoms with Crippen LogP contribution in [-0.2, 0) is 0 Å². The normalized spacial score (nSPS) is 11.4. The van der Waals surface area contributed by atoms with Gasteiger partial charge in [-0.2, -0.15) is 0 Å². The first-order valence-electron chi connectivity index (χ1n) is 9.45. The molecule has 0 spiro atoms. The summed E-state index contributed by atoms with van der Waals surface area (Å²) in [5.74, 6) is 6.99. The minimum Gasteiger partial charge on any atom is -0.492 e. The first-order chi connectivity index (χ1) is 14.1. The van der Waals surface area contributed by atoms with Crippen molar-refractivity contribution in [1.29, 1.82) is 0 Å². The van der Waals surface area contributed by atoms with Gasteiger partial charge in [0, 0.05) is 34.9 Å². The maximum absolute atomic E-state index is 8.96. The minimum absolute atomic E-state index is 0.0742. The van der Waals surface area contributed by atoms with Crippen molar-refractivity contribution in [1.82, 2.24) is 10.3 Å². The van der Waals surface area contributed by atoms with E-state index in [1.807, 2.05) is 73.8 Å². The molecule has 2 aromatic carbocycles. The Morgan fingerprint density at radius 2 is 1.72 bits per heavy atom. The molecule has 0 saturated carbocycles. The number of nitrogens with zero attached hydrogens (tertiary/aromatic N) is 1. The highest BCUT2D eigenvalue weighted by molar-refractivity contribution is 6.30. The number of halogens is 1. The summed E-state index contributed by atoms with van der Waals surface area (Å²) in [5.41, 5.74) is 3.70. The zero-order valence-corrected chi connectivity index (χ0v) is 17.0. The Kier molecular flexibility index (Phi) is 7.66. The van der Waals surface area contributed by atoms with Gasteiger partial charge < -0.3 is 15.2 Å². The van der Waals surface area contributed by atoms with Crippen LogP contribution in [0, 0.1) is 11.8 Å². The van der Waals surface area contributed by atoms with Crippen molar-refractivity contribution in [3.05, 3.63) is 83.1 Å². The van der Waals surface area contributed by atoms with Gasteiger partial charge in [-0.1, -0.05) is 35.7 Å². The van der Waals surface area contributed by atoms with E-state index < -0.39 is 0 Å². The van der Waals surface area contributed by atoms with E-state index in [1.54, 1.807) is 0 Å². The van der Waals surface area contributed by atoms with E-state index >= 15 is 0 Å². The van der Waals surface area contributed by atoms with Gasteiger partial charge in [0.25, 0.3) is 0 Å². The summed E-state index contributed by atoms with van der Waals surface area (Å²) in [7, 11) is 0. The molecule has 0 amide bonds. The van der Waals surface area contributed by atoms with E-state index in [4.69, 9.17) is 21.4 Å². The third-order valence-corrected chi connectivity index (χ3v) is 4.52. The van der Waals surface area contributed by atoms with Crippen LogP contribution in [0.3, 0.4) is 0 Å². The lowest BCUT2D eigenvalue weighted by molar-refractivity contribution is 0.239. The molecule has 0 aliphatic rings. The molecule has 0 aliphatic carbocycles. The Balaban J connectivity index is 1.55. The van der Waals surface area contributed by atoms with Crippen molar-refractivity contribution in [2.75, 3.05) is 19.8 Å². The van der Waals surface area contributed by atoms with Gasteiger partial charge in [0.2, 0.25) is 0 Å². The van der Waals surface area contributed by atoms with Crippen molar-refractivity contribution >= 4 is 11.6 Å². The van der Waals surface area contributed by atoms with Crippen LogP contribution in [0.5, 0.6) is 5.75 Å². The van der Waals surface area contributed by atoms with Crippen molar-refractivity contribution in [2.45, 2.75) is 13.0 Å². The molecule has 3 rings (SSSR count).